The number of benzene rings is 4. The van der Waals surface area contributed by atoms with Gasteiger partial charge in [-0.2, -0.15) is 0 Å². The molecule has 10 rings (SSSR count). The Morgan fingerprint density at radius 3 is 2.15 bits per heavy atom. The molecule has 5 heterocycles. The van der Waals surface area contributed by atoms with Gasteiger partial charge in [-0.15, -0.1) is 0 Å². The summed E-state index contributed by atoms with van der Waals surface area (Å²) in [6.07, 6.45) is 6.37. The van der Waals surface area contributed by atoms with Gasteiger partial charge in [0.15, 0.2) is 0 Å². The maximum Gasteiger partial charge on any atom is 0.262 e. The fourth-order valence-corrected chi connectivity index (χ4v) is 11.1. The fraction of sp³-hybridized carbons (Fsp3) is 0.396. The van der Waals surface area contributed by atoms with Crippen LogP contribution in [0.2, 0.25) is 0 Å². The first kappa shape index (κ1) is 37.5. The molecular weight excluding hydrogens is 743 g/mol. The first-order valence-electron chi connectivity index (χ1n) is 21.2. The van der Waals surface area contributed by atoms with Crippen molar-refractivity contribution in [3.05, 3.63) is 129 Å². The minimum absolute atomic E-state index is 0.0796. The molecule has 3 atom stereocenters. The number of hydrogen-bond acceptors (Lipinski definition) is 8. The number of anilines is 1. The highest BCUT2D eigenvalue weighted by Gasteiger charge is 2.46. The second kappa shape index (κ2) is 14.8. The lowest BCUT2D eigenvalue weighted by molar-refractivity contribution is -0.137. The van der Waals surface area contributed by atoms with Gasteiger partial charge in [0, 0.05) is 57.3 Å². The Morgan fingerprint density at radius 2 is 1.46 bits per heavy atom. The maximum atomic E-state index is 13.8. The molecule has 1 aliphatic carbocycles. The van der Waals surface area contributed by atoms with Crippen LogP contribution in [0.3, 0.4) is 0 Å². The summed E-state index contributed by atoms with van der Waals surface area (Å²) in [5.41, 5.74) is 8.92. The zero-order valence-electron chi connectivity index (χ0n) is 33.2. The molecule has 4 aromatic carbocycles. The van der Waals surface area contributed by atoms with Gasteiger partial charge >= 0.3 is 0 Å². The van der Waals surface area contributed by atoms with Gasteiger partial charge in [-0.05, 0) is 126 Å². The second-order valence-corrected chi connectivity index (χ2v) is 17.7. The van der Waals surface area contributed by atoms with Gasteiger partial charge in [-0.3, -0.25) is 39.1 Å². The Labute approximate surface area is 344 Å². The van der Waals surface area contributed by atoms with Gasteiger partial charge in [-0.1, -0.05) is 48.5 Å². The van der Waals surface area contributed by atoms with Gasteiger partial charge in [0.25, 0.3) is 11.8 Å². The number of rotatable bonds is 6. The number of nitrogens with zero attached hydrogens (tertiary/aromatic N) is 4. The largest absolute Gasteiger partial charge is 0.508 e. The number of nitrogens with one attached hydrogen (secondary N) is 1. The Bertz CT molecular complexity index is 2330. The van der Waals surface area contributed by atoms with Gasteiger partial charge in [-0.25, -0.2) is 0 Å². The van der Waals surface area contributed by atoms with E-state index in [0.717, 1.165) is 80.7 Å². The molecule has 0 aromatic heterocycles. The summed E-state index contributed by atoms with van der Waals surface area (Å²) in [6, 6.07) is 28.4. The predicted molar refractivity (Wildman–Crippen MR) is 221 cm³/mol. The van der Waals surface area contributed by atoms with Crippen LogP contribution in [0, 0.1) is 5.41 Å². The normalized spacial score (nSPS) is 23.9. The molecule has 0 saturated carbocycles. The highest BCUT2D eigenvalue weighted by molar-refractivity contribution is 6.23. The number of amides is 5. The highest BCUT2D eigenvalue weighted by Crippen LogP contribution is 2.48. The van der Waals surface area contributed by atoms with Crippen molar-refractivity contribution in [1.82, 2.24) is 20.0 Å². The maximum absolute atomic E-state index is 13.8. The van der Waals surface area contributed by atoms with Crippen LogP contribution in [0.15, 0.2) is 84.9 Å². The van der Waals surface area contributed by atoms with Gasteiger partial charge < -0.3 is 14.9 Å². The van der Waals surface area contributed by atoms with Crippen LogP contribution in [0.25, 0.3) is 0 Å². The van der Waals surface area contributed by atoms with Crippen molar-refractivity contribution in [3.8, 4) is 5.75 Å². The van der Waals surface area contributed by atoms with E-state index in [4.69, 9.17) is 0 Å². The number of likely N-dealkylation sites (tertiary alicyclic amines) is 1. The van der Waals surface area contributed by atoms with Crippen molar-refractivity contribution >= 4 is 35.2 Å². The van der Waals surface area contributed by atoms with E-state index in [-0.39, 0.29) is 47.8 Å². The quantitative estimate of drug-likeness (QED) is 0.232. The molecule has 4 aromatic rings. The lowest BCUT2D eigenvalue weighted by Crippen LogP contribution is -2.54. The first-order valence-corrected chi connectivity index (χ1v) is 21.2. The minimum Gasteiger partial charge on any atom is -0.508 e. The van der Waals surface area contributed by atoms with E-state index in [1.54, 1.807) is 12.1 Å². The van der Waals surface area contributed by atoms with Crippen LogP contribution in [0.1, 0.15) is 111 Å². The van der Waals surface area contributed by atoms with Crippen molar-refractivity contribution in [2.45, 2.75) is 82.3 Å². The summed E-state index contributed by atoms with van der Waals surface area (Å²) in [5.74, 6) is -1.02. The average Bonchev–Trinajstić information content (AvgIpc) is 3.75. The molecule has 6 aliphatic rings. The zero-order valence-corrected chi connectivity index (χ0v) is 33.2. The van der Waals surface area contributed by atoms with Crippen LogP contribution in [-0.2, 0) is 33.9 Å². The monoisotopic (exact) mass is 791 g/mol. The summed E-state index contributed by atoms with van der Waals surface area (Å²) < 4.78 is 0. The fourth-order valence-electron chi connectivity index (χ4n) is 11.1. The number of aromatic hydroxyl groups is 1. The minimum atomic E-state index is -0.993. The van der Waals surface area contributed by atoms with Crippen LogP contribution < -0.4 is 10.2 Å². The number of hydrogen-bond donors (Lipinski definition) is 2. The third-order valence-corrected chi connectivity index (χ3v) is 14.2. The van der Waals surface area contributed by atoms with E-state index in [9.17, 15) is 29.1 Å². The number of phenols is 1. The van der Waals surface area contributed by atoms with E-state index in [2.05, 4.69) is 80.7 Å². The predicted octanol–water partition coefficient (Wildman–Crippen LogP) is 5.88. The van der Waals surface area contributed by atoms with E-state index in [1.807, 2.05) is 12.1 Å². The second-order valence-electron chi connectivity index (χ2n) is 17.7. The number of phenolic OH excluding ortho intramolecular Hbond substituents is 1. The van der Waals surface area contributed by atoms with Crippen LogP contribution in [-0.4, -0.2) is 88.1 Å². The van der Waals surface area contributed by atoms with Gasteiger partial charge in [0.1, 0.15) is 11.8 Å². The number of imide groups is 2. The van der Waals surface area contributed by atoms with Crippen molar-refractivity contribution in [2.75, 3.05) is 37.6 Å². The molecule has 2 N–H and O–H groups in total. The molecule has 59 heavy (non-hydrogen) atoms. The number of piperidine rings is 3. The Kier molecular flexibility index (Phi) is 9.38. The lowest BCUT2D eigenvalue weighted by atomic mass is 9.69. The Morgan fingerprint density at radius 1 is 0.746 bits per heavy atom. The molecule has 3 fully saturated rings. The number of aryl methyl sites for hydroxylation is 1. The Balaban J connectivity index is 0.763. The van der Waals surface area contributed by atoms with Gasteiger partial charge in [0.05, 0.1) is 17.7 Å². The number of carbonyl (C=O) groups is 5. The van der Waals surface area contributed by atoms with Crippen LogP contribution in [0.5, 0.6) is 5.75 Å². The smallest absolute Gasteiger partial charge is 0.262 e. The summed E-state index contributed by atoms with van der Waals surface area (Å²) in [4.78, 5) is 72.4. The molecule has 0 bridgehead atoms. The number of carbonyl (C=O) groups excluding carboxylic acids is 5. The molecule has 5 aliphatic heterocycles. The molecule has 5 amide bonds. The lowest BCUT2D eigenvalue weighted by Gasteiger charge is -2.48. The molecule has 302 valence electrons. The average molecular weight is 792 g/mol. The molecule has 0 radical (unpaired) electrons. The van der Waals surface area contributed by atoms with E-state index >= 15 is 0 Å². The molecule has 11 heteroatoms. The zero-order chi connectivity index (χ0) is 40.4. The van der Waals surface area contributed by atoms with E-state index in [0.29, 0.717) is 24.8 Å². The summed E-state index contributed by atoms with van der Waals surface area (Å²) in [6.45, 7) is 4.71. The first-order chi connectivity index (χ1) is 28.6. The highest BCUT2D eigenvalue weighted by atomic mass is 16.3. The van der Waals surface area contributed by atoms with Gasteiger partial charge in [0.2, 0.25) is 17.7 Å². The van der Waals surface area contributed by atoms with Crippen molar-refractivity contribution in [2.24, 2.45) is 5.41 Å². The van der Waals surface area contributed by atoms with Crippen molar-refractivity contribution in [3.63, 3.8) is 0 Å². The van der Waals surface area contributed by atoms with E-state index in [1.165, 1.54) is 27.9 Å². The van der Waals surface area contributed by atoms with E-state index < -0.39 is 29.7 Å². The summed E-state index contributed by atoms with van der Waals surface area (Å²) in [7, 11) is 0. The summed E-state index contributed by atoms with van der Waals surface area (Å²) >= 11 is 0. The third-order valence-electron chi connectivity index (χ3n) is 14.2. The topological polar surface area (TPSA) is 131 Å². The van der Waals surface area contributed by atoms with Crippen LogP contribution >= 0.6 is 0 Å². The molecular formula is C48H49N5O6. The Hall–Kier alpha value is -5.81. The SMILES string of the molecule is O=C1CCC(N2C(=O)c3cc4c(cc3C2=O)CN(CC(=O)N2CCCC3(CCN(c5ccc(C6c7ccc(O)cc7CCC6c6ccccc6)cc5)CC3)C2)C4)C(=O)N1. The molecule has 11 nitrogen and oxygen atoms in total. The molecule has 1 spiro atoms. The van der Waals surface area contributed by atoms with Crippen molar-refractivity contribution < 1.29 is 29.1 Å². The van der Waals surface area contributed by atoms with Crippen molar-refractivity contribution in [1.29, 1.82) is 0 Å². The third kappa shape index (κ3) is 6.79. The molecule has 3 unspecified atom stereocenters. The standard InChI is InChI=1S/C48H49N5O6/c54-36-12-14-38-32(23-36)9-13-37(30-5-2-1-3-6-30)44(38)31-7-10-35(11-8-31)51-21-18-48(19-22-51)17-4-20-52(29-48)43(56)28-50-26-33-24-39-40(25-34(33)27-50)47(59)53(46(39)58)41-15-16-42(55)49-45(41)57/h1-3,5-8,10-12,14,23-25,37,41,44,54H,4,9,13,15-22,26-29H2,(H,49,55,57). The van der Waals surface area contributed by atoms with Crippen LogP contribution in [0.4, 0.5) is 5.69 Å². The number of fused-ring (bicyclic) bond motifs is 3. The molecule has 3 saturated heterocycles. The summed E-state index contributed by atoms with van der Waals surface area (Å²) in [5, 5.41) is 12.5.